The molecule has 0 aromatic heterocycles. The lowest BCUT2D eigenvalue weighted by Crippen LogP contribution is -2.52. The van der Waals surface area contributed by atoms with Crippen LogP contribution >= 0.6 is 0 Å². The largest absolute Gasteiger partial charge is 0.444 e. The van der Waals surface area contributed by atoms with Crippen LogP contribution in [0.3, 0.4) is 0 Å². The number of aliphatic hydroxyl groups is 1. The standard InChI is InChI=1S/C23H37N3O5/c1-6-7-11-14-24-20(28)19(18-12-9-8-10-13-18)26(15-16-27)21(29)17(2)25-22(30)31-23(3,4)5/h8-10,12-13,17,19,27H,6-7,11,14-16H2,1-5H3,(H,24,28)(H,25,30). The van der Waals surface area contributed by atoms with Crippen LogP contribution in [0.4, 0.5) is 4.79 Å². The van der Waals surface area contributed by atoms with Gasteiger partial charge in [0.05, 0.1) is 6.61 Å². The van der Waals surface area contributed by atoms with Gasteiger partial charge in [-0.2, -0.15) is 0 Å². The fourth-order valence-electron chi connectivity index (χ4n) is 3.06. The van der Waals surface area contributed by atoms with Crippen molar-refractivity contribution >= 4 is 17.9 Å². The van der Waals surface area contributed by atoms with Crippen molar-refractivity contribution in [2.75, 3.05) is 19.7 Å². The average molecular weight is 436 g/mol. The van der Waals surface area contributed by atoms with Crippen molar-refractivity contribution < 1.29 is 24.2 Å². The number of alkyl carbamates (subject to hydrolysis) is 1. The highest BCUT2D eigenvalue weighted by Crippen LogP contribution is 2.22. The number of carbonyl (C=O) groups is 3. The first-order chi connectivity index (χ1) is 14.6. The number of amides is 3. The second kappa shape index (κ2) is 12.9. The quantitative estimate of drug-likeness (QED) is 0.463. The third-order valence-electron chi connectivity index (χ3n) is 4.48. The summed E-state index contributed by atoms with van der Waals surface area (Å²) in [5.74, 6) is -0.814. The second-order valence-electron chi connectivity index (χ2n) is 8.43. The van der Waals surface area contributed by atoms with E-state index < -0.39 is 29.7 Å². The fraction of sp³-hybridized carbons (Fsp3) is 0.609. The normalized spacial score (nSPS) is 13.1. The lowest BCUT2D eigenvalue weighted by Gasteiger charge is -2.33. The van der Waals surface area contributed by atoms with Gasteiger partial charge in [0, 0.05) is 13.1 Å². The summed E-state index contributed by atoms with van der Waals surface area (Å²) in [6.07, 6.45) is 2.14. The number of benzene rings is 1. The van der Waals surface area contributed by atoms with Crippen molar-refractivity contribution in [3.05, 3.63) is 35.9 Å². The molecule has 0 aliphatic heterocycles. The van der Waals surface area contributed by atoms with Crippen molar-refractivity contribution in [3.8, 4) is 0 Å². The number of unbranched alkanes of at least 4 members (excludes halogenated alkanes) is 2. The van der Waals surface area contributed by atoms with E-state index in [1.807, 2.05) is 6.07 Å². The summed E-state index contributed by atoms with van der Waals surface area (Å²) < 4.78 is 5.22. The highest BCUT2D eigenvalue weighted by molar-refractivity contribution is 5.91. The Bertz CT molecular complexity index is 703. The molecule has 2 unspecified atom stereocenters. The zero-order valence-corrected chi connectivity index (χ0v) is 19.3. The Morgan fingerprint density at radius 2 is 1.77 bits per heavy atom. The van der Waals surface area contributed by atoms with E-state index in [1.54, 1.807) is 45.0 Å². The van der Waals surface area contributed by atoms with Gasteiger partial charge >= 0.3 is 6.09 Å². The molecule has 1 aromatic carbocycles. The maximum Gasteiger partial charge on any atom is 0.408 e. The molecule has 0 radical (unpaired) electrons. The van der Waals surface area contributed by atoms with E-state index in [0.717, 1.165) is 19.3 Å². The molecule has 0 bridgehead atoms. The van der Waals surface area contributed by atoms with Gasteiger partial charge in [0.1, 0.15) is 17.7 Å². The predicted octanol–water partition coefficient (Wildman–Crippen LogP) is 2.77. The predicted molar refractivity (Wildman–Crippen MR) is 119 cm³/mol. The summed E-state index contributed by atoms with van der Waals surface area (Å²) >= 11 is 0. The maximum absolute atomic E-state index is 13.2. The Morgan fingerprint density at radius 3 is 2.32 bits per heavy atom. The van der Waals surface area contributed by atoms with Crippen LogP contribution in [-0.2, 0) is 14.3 Å². The van der Waals surface area contributed by atoms with Crippen LogP contribution in [0.15, 0.2) is 30.3 Å². The van der Waals surface area contributed by atoms with Gasteiger partial charge in [0.15, 0.2) is 0 Å². The van der Waals surface area contributed by atoms with E-state index >= 15 is 0 Å². The number of hydrogen-bond donors (Lipinski definition) is 3. The van der Waals surface area contributed by atoms with Crippen molar-refractivity contribution in [1.82, 2.24) is 15.5 Å². The monoisotopic (exact) mass is 435 g/mol. The van der Waals surface area contributed by atoms with Gasteiger partial charge in [-0.05, 0) is 39.7 Å². The molecule has 3 N–H and O–H groups in total. The summed E-state index contributed by atoms with van der Waals surface area (Å²) in [7, 11) is 0. The van der Waals surface area contributed by atoms with Crippen molar-refractivity contribution in [1.29, 1.82) is 0 Å². The Labute approximate surface area is 185 Å². The van der Waals surface area contributed by atoms with Crippen LogP contribution in [0, 0.1) is 0 Å². The number of ether oxygens (including phenoxy) is 1. The Hall–Kier alpha value is -2.61. The van der Waals surface area contributed by atoms with Gasteiger partial charge < -0.3 is 25.4 Å². The molecule has 0 heterocycles. The van der Waals surface area contributed by atoms with Gasteiger partial charge in [-0.15, -0.1) is 0 Å². The SMILES string of the molecule is CCCCCNC(=O)C(c1ccccc1)N(CCO)C(=O)C(C)NC(=O)OC(C)(C)C. The van der Waals surface area contributed by atoms with Crippen LogP contribution in [0.5, 0.6) is 0 Å². The molecular formula is C23H37N3O5. The molecule has 0 fully saturated rings. The minimum atomic E-state index is -0.944. The van der Waals surface area contributed by atoms with Crippen molar-refractivity contribution in [2.45, 2.75) is 71.6 Å². The number of aliphatic hydroxyl groups excluding tert-OH is 1. The summed E-state index contributed by atoms with van der Waals surface area (Å²) in [4.78, 5) is 39.7. The molecule has 0 aliphatic rings. The van der Waals surface area contributed by atoms with Crippen LogP contribution in [0.2, 0.25) is 0 Å². The van der Waals surface area contributed by atoms with Gasteiger partial charge in [-0.3, -0.25) is 9.59 Å². The Balaban J connectivity index is 3.07. The van der Waals surface area contributed by atoms with Crippen LogP contribution in [-0.4, -0.2) is 59.3 Å². The zero-order chi connectivity index (χ0) is 23.4. The molecule has 2 atom stereocenters. The first-order valence-corrected chi connectivity index (χ1v) is 10.8. The molecule has 8 heteroatoms. The third kappa shape index (κ3) is 9.38. The molecule has 1 aromatic rings. The van der Waals surface area contributed by atoms with Gasteiger partial charge in [0.25, 0.3) is 0 Å². The van der Waals surface area contributed by atoms with Gasteiger partial charge in [-0.25, -0.2) is 4.79 Å². The number of hydrogen-bond acceptors (Lipinski definition) is 5. The van der Waals surface area contributed by atoms with Crippen LogP contribution < -0.4 is 10.6 Å². The summed E-state index contributed by atoms with van der Waals surface area (Å²) in [6.45, 7) is 8.91. The second-order valence-corrected chi connectivity index (χ2v) is 8.43. The lowest BCUT2D eigenvalue weighted by atomic mass is 10.0. The molecule has 1 rings (SSSR count). The summed E-state index contributed by atoms with van der Waals surface area (Å²) in [6, 6.07) is 7.06. The van der Waals surface area contributed by atoms with Gasteiger partial charge in [-0.1, -0.05) is 50.1 Å². The van der Waals surface area contributed by atoms with E-state index in [1.165, 1.54) is 11.8 Å². The number of carbonyl (C=O) groups excluding carboxylic acids is 3. The number of nitrogens with zero attached hydrogens (tertiary/aromatic N) is 1. The molecule has 0 aliphatic carbocycles. The summed E-state index contributed by atoms with van der Waals surface area (Å²) in [5, 5.41) is 15.0. The fourth-order valence-corrected chi connectivity index (χ4v) is 3.06. The molecular weight excluding hydrogens is 398 g/mol. The lowest BCUT2D eigenvalue weighted by molar-refractivity contribution is -0.142. The highest BCUT2D eigenvalue weighted by atomic mass is 16.6. The highest BCUT2D eigenvalue weighted by Gasteiger charge is 2.34. The van der Waals surface area contributed by atoms with E-state index in [4.69, 9.17) is 4.74 Å². The zero-order valence-electron chi connectivity index (χ0n) is 19.3. The molecule has 3 amide bonds. The Kier molecular flexibility index (Phi) is 11.0. The summed E-state index contributed by atoms with van der Waals surface area (Å²) in [5.41, 5.74) is -0.0791. The minimum Gasteiger partial charge on any atom is -0.444 e. The molecule has 31 heavy (non-hydrogen) atoms. The number of rotatable bonds is 11. The van der Waals surface area contributed by atoms with E-state index in [0.29, 0.717) is 12.1 Å². The smallest absolute Gasteiger partial charge is 0.408 e. The Morgan fingerprint density at radius 1 is 1.13 bits per heavy atom. The number of nitrogens with one attached hydrogen (secondary N) is 2. The molecule has 174 valence electrons. The van der Waals surface area contributed by atoms with Crippen molar-refractivity contribution in [2.24, 2.45) is 0 Å². The molecule has 0 saturated carbocycles. The first kappa shape index (κ1) is 26.4. The van der Waals surface area contributed by atoms with E-state index in [-0.39, 0.29) is 19.1 Å². The molecule has 0 saturated heterocycles. The van der Waals surface area contributed by atoms with Crippen LogP contribution in [0.25, 0.3) is 0 Å². The van der Waals surface area contributed by atoms with Crippen LogP contribution in [0.1, 0.15) is 65.5 Å². The average Bonchev–Trinajstić information content (AvgIpc) is 2.69. The van der Waals surface area contributed by atoms with E-state index in [2.05, 4.69) is 17.6 Å². The maximum atomic E-state index is 13.2. The topological polar surface area (TPSA) is 108 Å². The third-order valence-corrected chi connectivity index (χ3v) is 4.48. The van der Waals surface area contributed by atoms with Gasteiger partial charge in [0.2, 0.25) is 11.8 Å². The minimum absolute atomic E-state index is 0.0545. The first-order valence-electron chi connectivity index (χ1n) is 10.8. The van der Waals surface area contributed by atoms with Crippen molar-refractivity contribution in [3.63, 3.8) is 0 Å². The molecule has 0 spiro atoms. The molecule has 8 nitrogen and oxygen atoms in total. The van der Waals surface area contributed by atoms with E-state index in [9.17, 15) is 19.5 Å².